The van der Waals surface area contributed by atoms with E-state index in [0.29, 0.717) is 22.7 Å². The van der Waals surface area contributed by atoms with E-state index in [4.69, 9.17) is 16.3 Å². The van der Waals surface area contributed by atoms with Crippen LogP contribution in [-0.2, 0) is 4.79 Å². The molecular formula is C17H23ClN2O2. The molecule has 2 saturated heterocycles. The number of nitrogens with one attached hydrogen (secondary N) is 1. The second kappa shape index (κ2) is 7.34. The van der Waals surface area contributed by atoms with E-state index in [2.05, 4.69) is 5.32 Å². The largest absolute Gasteiger partial charge is 0.482 e. The number of rotatable bonds is 3. The Morgan fingerprint density at radius 2 is 2.18 bits per heavy atom. The van der Waals surface area contributed by atoms with Gasteiger partial charge in [-0.2, -0.15) is 0 Å². The van der Waals surface area contributed by atoms with Gasteiger partial charge >= 0.3 is 0 Å². The normalized spacial score (nSPS) is 25.2. The molecule has 2 fully saturated rings. The Hall–Kier alpha value is -1.26. The van der Waals surface area contributed by atoms with Crippen LogP contribution < -0.4 is 10.1 Å². The highest BCUT2D eigenvalue weighted by atomic mass is 35.5. The van der Waals surface area contributed by atoms with Crippen molar-refractivity contribution in [2.24, 2.45) is 5.92 Å². The average molecular weight is 323 g/mol. The van der Waals surface area contributed by atoms with E-state index in [1.165, 1.54) is 19.3 Å². The minimum absolute atomic E-state index is 0.0580. The summed E-state index contributed by atoms with van der Waals surface area (Å²) in [4.78, 5) is 14.3. The van der Waals surface area contributed by atoms with Crippen molar-refractivity contribution >= 4 is 17.5 Å². The van der Waals surface area contributed by atoms with Crippen LogP contribution in [0.4, 0.5) is 0 Å². The predicted octanol–water partition coefficient (Wildman–Crippen LogP) is 2.71. The maximum atomic E-state index is 12.4. The van der Waals surface area contributed by atoms with Crippen molar-refractivity contribution in [2.45, 2.75) is 31.7 Å². The number of carbonyl (C=O) groups excluding carboxylic acids is 1. The quantitative estimate of drug-likeness (QED) is 0.930. The standard InChI is InChI=1S/C17H23ClN2O2/c18-14-6-1-2-7-16(14)22-12-17(21)20-10-8-15-13(11-20)5-3-4-9-19-15/h1-2,6-7,13,15,19H,3-5,8-12H2/t13-,15+/m0/s1. The molecule has 120 valence electrons. The molecule has 0 bridgehead atoms. The zero-order valence-electron chi connectivity index (χ0n) is 12.8. The molecule has 1 N–H and O–H groups in total. The third-order valence-corrected chi connectivity index (χ3v) is 4.99. The van der Waals surface area contributed by atoms with Crippen molar-refractivity contribution in [1.82, 2.24) is 10.2 Å². The highest BCUT2D eigenvalue weighted by molar-refractivity contribution is 6.32. The van der Waals surface area contributed by atoms with Crippen molar-refractivity contribution < 1.29 is 9.53 Å². The molecule has 4 nitrogen and oxygen atoms in total. The van der Waals surface area contributed by atoms with Gasteiger partial charge < -0.3 is 15.0 Å². The van der Waals surface area contributed by atoms with Crippen LogP contribution >= 0.6 is 11.6 Å². The number of ether oxygens (including phenoxy) is 1. The summed E-state index contributed by atoms with van der Waals surface area (Å²) >= 11 is 6.04. The van der Waals surface area contributed by atoms with Crippen LogP contribution in [0.5, 0.6) is 5.75 Å². The lowest BCUT2D eigenvalue weighted by Crippen LogP contribution is -2.51. The van der Waals surface area contributed by atoms with E-state index in [1.54, 1.807) is 12.1 Å². The van der Waals surface area contributed by atoms with Gasteiger partial charge in [0.15, 0.2) is 6.61 Å². The van der Waals surface area contributed by atoms with Crippen LogP contribution in [0.3, 0.4) is 0 Å². The first-order valence-corrected chi connectivity index (χ1v) is 8.50. The van der Waals surface area contributed by atoms with E-state index < -0.39 is 0 Å². The molecule has 2 aliphatic rings. The van der Waals surface area contributed by atoms with Gasteiger partial charge in [0.05, 0.1) is 5.02 Å². The topological polar surface area (TPSA) is 41.6 Å². The van der Waals surface area contributed by atoms with Gasteiger partial charge in [-0.25, -0.2) is 0 Å². The number of fused-ring (bicyclic) bond motifs is 1. The van der Waals surface area contributed by atoms with Gasteiger partial charge in [-0.15, -0.1) is 0 Å². The molecule has 0 radical (unpaired) electrons. The maximum Gasteiger partial charge on any atom is 0.260 e. The van der Waals surface area contributed by atoms with Crippen LogP contribution in [-0.4, -0.2) is 43.1 Å². The van der Waals surface area contributed by atoms with E-state index in [-0.39, 0.29) is 12.5 Å². The Labute approximate surface area is 136 Å². The molecule has 0 saturated carbocycles. The first kappa shape index (κ1) is 15.6. The molecule has 2 heterocycles. The van der Waals surface area contributed by atoms with E-state index >= 15 is 0 Å². The first-order valence-electron chi connectivity index (χ1n) is 8.12. The monoisotopic (exact) mass is 322 g/mol. The molecule has 1 aromatic rings. The Morgan fingerprint density at radius 1 is 1.32 bits per heavy atom. The number of amides is 1. The molecule has 22 heavy (non-hydrogen) atoms. The maximum absolute atomic E-state index is 12.4. The SMILES string of the molecule is O=C(COc1ccccc1Cl)N1CC[C@H]2NCCCC[C@H]2C1. The highest BCUT2D eigenvalue weighted by Gasteiger charge is 2.32. The molecule has 0 spiro atoms. The summed E-state index contributed by atoms with van der Waals surface area (Å²) in [5.41, 5.74) is 0. The zero-order valence-corrected chi connectivity index (χ0v) is 13.5. The van der Waals surface area contributed by atoms with Gasteiger partial charge in [-0.1, -0.05) is 30.2 Å². The van der Waals surface area contributed by atoms with Crippen LogP contribution in [0.1, 0.15) is 25.7 Å². The fraction of sp³-hybridized carbons (Fsp3) is 0.588. The van der Waals surface area contributed by atoms with Gasteiger partial charge in [-0.3, -0.25) is 4.79 Å². The van der Waals surface area contributed by atoms with Crippen molar-refractivity contribution in [3.05, 3.63) is 29.3 Å². The number of hydrogen-bond acceptors (Lipinski definition) is 3. The minimum Gasteiger partial charge on any atom is -0.482 e. The molecule has 5 heteroatoms. The Bertz CT molecular complexity index is 523. The lowest BCUT2D eigenvalue weighted by atomic mass is 9.89. The molecule has 0 unspecified atom stereocenters. The van der Waals surface area contributed by atoms with Gasteiger partial charge in [-0.05, 0) is 43.9 Å². The fourth-order valence-corrected chi connectivity index (χ4v) is 3.62. The van der Waals surface area contributed by atoms with E-state index in [0.717, 1.165) is 26.1 Å². The zero-order chi connectivity index (χ0) is 15.4. The molecule has 2 atom stereocenters. The third-order valence-electron chi connectivity index (χ3n) is 4.68. The number of carbonyl (C=O) groups is 1. The van der Waals surface area contributed by atoms with Crippen molar-refractivity contribution in [2.75, 3.05) is 26.2 Å². The van der Waals surface area contributed by atoms with Crippen molar-refractivity contribution in [3.8, 4) is 5.75 Å². The summed E-state index contributed by atoms with van der Waals surface area (Å²) in [5, 5.41) is 4.17. The summed E-state index contributed by atoms with van der Waals surface area (Å²) in [6.45, 7) is 2.85. The lowest BCUT2D eigenvalue weighted by molar-refractivity contribution is -0.135. The number of piperidine rings is 1. The highest BCUT2D eigenvalue weighted by Crippen LogP contribution is 2.26. The fourth-order valence-electron chi connectivity index (χ4n) is 3.43. The second-order valence-electron chi connectivity index (χ2n) is 6.16. The molecule has 2 aliphatic heterocycles. The van der Waals surface area contributed by atoms with Crippen molar-refractivity contribution in [1.29, 1.82) is 0 Å². The summed E-state index contributed by atoms with van der Waals surface area (Å²) in [7, 11) is 0. The number of nitrogens with zero attached hydrogens (tertiary/aromatic N) is 1. The average Bonchev–Trinajstić information content (AvgIpc) is 2.78. The summed E-state index contributed by atoms with van der Waals surface area (Å²) in [6.07, 6.45) is 4.76. The number of halogens is 1. The summed E-state index contributed by atoms with van der Waals surface area (Å²) < 4.78 is 5.57. The predicted molar refractivity (Wildman–Crippen MR) is 87.3 cm³/mol. The van der Waals surface area contributed by atoms with Crippen LogP contribution in [0.2, 0.25) is 5.02 Å². The third kappa shape index (κ3) is 3.73. The van der Waals surface area contributed by atoms with Gasteiger partial charge in [0.2, 0.25) is 0 Å². The molecule has 0 aromatic heterocycles. The van der Waals surface area contributed by atoms with Crippen LogP contribution in [0, 0.1) is 5.92 Å². The van der Waals surface area contributed by atoms with Gasteiger partial charge in [0.1, 0.15) is 5.75 Å². The van der Waals surface area contributed by atoms with Gasteiger partial charge in [0, 0.05) is 19.1 Å². The number of para-hydroxylation sites is 1. The van der Waals surface area contributed by atoms with Gasteiger partial charge in [0.25, 0.3) is 5.91 Å². The van der Waals surface area contributed by atoms with Crippen LogP contribution in [0.25, 0.3) is 0 Å². The number of hydrogen-bond donors (Lipinski definition) is 1. The molecule has 1 amide bonds. The lowest BCUT2D eigenvalue weighted by Gasteiger charge is -2.38. The molecule has 3 rings (SSSR count). The van der Waals surface area contributed by atoms with Crippen molar-refractivity contribution in [3.63, 3.8) is 0 Å². The Morgan fingerprint density at radius 3 is 3.05 bits per heavy atom. The summed E-state index contributed by atoms with van der Waals surface area (Å²) in [5.74, 6) is 1.21. The van der Waals surface area contributed by atoms with E-state index in [1.807, 2.05) is 17.0 Å². The molecule has 0 aliphatic carbocycles. The minimum atomic E-state index is 0.0580. The second-order valence-corrected chi connectivity index (χ2v) is 6.57. The van der Waals surface area contributed by atoms with Crippen LogP contribution in [0.15, 0.2) is 24.3 Å². The molecule has 1 aromatic carbocycles. The van der Waals surface area contributed by atoms with E-state index in [9.17, 15) is 4.79 Å². The number of benzene rings is 1. The molecular weight excluding hydrogens is 300 g/mol. The Kier molecular flexibility index (Phi) is 5.21. The summed E-state index contributed by atoms with van der Waals surface area (Å²) in [6, 6.07) is 7.84. The Balaban J connectivity index is 1.53. The first-order chi connectivity index (χ1) is 10.7. The number of likely N-dealkylation sites (tertiary alicyclic amines) is 1. The smallest absolute Gasteiger partial charge is 0.260 e.